The summed E-state index contributed by atoms with van der Waals surface area (Å²) in [5.41, 5.74) is 5.07. The Balaban J connectivity index is 1.72. The van der Waals surface area contributed by atoms with E-state index >= 15 is 0 Å². The smallest absolute Gasteiger partial charge is 0.312 e. The number of primary amides is 1. The number of hydrogen-bond donors (Lipinski definition) is 2. The molecule has 4 nitrogen and oxygen atoms in total. The zero-order valence-electron chi connectivity index (χ0n) is 7.83. The van der Waals surface area contributed by atoms with Gasteiger partial charge in [-0.3, -0.25) is 0 Å². The molecule has 0 radical (unpaired) electrons. The number of nitrogens with zero attached hydrogens (tertiary/aromatic N) is 1. The Labute approximate surface area is 78.5 Å². The van der Waals surface area contributed by atoms with Gasteiger partial charge in [-0.05, 0) is 25.7 Å². The first-order valence-corrected chi connectivity index (χ1v) is 5.06. The van der Waals surface area contributed by atoms with Gasteiger partial charge in [0.1, 0.15) is 0 Å². The molecule has 0 spiro atoms. The van der Waals surface area contributed by atoms with E-state index in [-0.39, 0.29) is 6.03 Å². The number of carbonyl (C=O) groups excluding carboxylic acids is 1. The van der Waals surface area contributed by atoms with Gasteiger partial charge in [0.25, 0.3) is 0 Å². The third-order valence-corrected chi connectivity index (χ3v) is 2.94. The van der Waals surface area contributed by atoms with Crippen LogP contribution in [-0.4, -0.2) is 36.1 Å². The van der Waals surface area contributed by atoms with Gasteiger partial charge in [0.05, 0.1) is 0 Å². The van der Waals surface area contributed by atoms with Crippen LogP contribution in [0.2, 0.25) is 0 Å². The first kappa shape index (κ1) is 8.81. The topological polar surface area (TPSA) is 58.4 Å². The summed E-state index contributed by atoms with van der Waals surface area (Å²) in [6, 6.07) is 0.784. The molecule has 74 valence electrons. The minimum atomic E-state index is -0.384. The fraction of sp³-hybridized carbons (Fsp3) is 0.889. The highest BCUT2D eigenvalue weighted by atomic mass is 16.2. The Kier molecular flexibility index (Phi) is 2.40. The Morgan fingerprint density at radius 2 is 1.85 bits per heavy atom. The lowest BCUT2D eigenvalue weighted by Crippen LogP contribution is -2.46. The van der Waals surface area contributed by atoms with Crippen LogP contribution in [0.5, 0.6) is 0 Å². The van der Waals surface area contributed by atoms with Crippen molar-refractivity contribution in [2.75, 3.05) is 13.1 Å². The maximum absolute atomic E-state index is 10.6. The van der Waals surface area contributed by atoms with Crippen LogP contribution in [0.4, 0.5) is 4.79 Å². The highest BCUT2D eigenvalue weighted by Gasteiger charge is 2.31. The molecule has 2 aliphatic rings. The molecule has 4 heteroatoms. The van der Waals surface area contributed by atoms with Crippen LogP contribution in [0.1, 0.15) is 25.7 Å². The van der Waals surface area contributed by atoms with Crippen LogP contribution in [0.15, 0.2) is 0 Å². The zero-order valence-corrected chi connectivity index (χ0v) is 7.83. The minimum Gasteiger partial charge on any atom is -0.352 e. The molecule has 0 aromatic rings. The van der Waals surface area contributed by atoms with Crippen molar-refractivity contribution in [2.45, 2.75) is 37.8 Å². The van der Waals surface area contributed by atoms with Gasteiger partial charge in [-0.1, -0.05) is 0 Å². The maximum atomic E-state index is 10.6. The van der Waals surface area contributed by atoms with E-state index in [0.29, 0.717) is 6.04 Å². The van der Waals surface area contributed by atoms with Crippen LogP contribution in [0, 0.1) is 0 Å². The Bertz CT molecular complexity index is 195. The summed E-state index contributed by atoms with van der Waals surface area (Å²) in [6.07, 6.45) is 4.85. The second kappa shape index (κ2) is 3.54. The number of hydrogen-bond acceptors (Lipinski definition) is 2. The Morgan fingerprint density at radius 3 is 2.31 bits per heavy atom. The van der Waals surface area contributed by atoms with Crippen molar-refractivity contribution in [1.82, 2.24) is 10.2 Å². The van der Waals surface area contributed by atoms with Gasteiger partial charge in [0.2, 0.25) is 0 Å². The van der Waals surface area contributed by atoms with E-state index in [9.17, 15) is 4.79 Å². The molecular weight excluding hydrogens is 166 g/mol. The summed E-state index contributed by atoms with van der Waals surface area (Å²) >= 11 is 0. The molecule has 0 unspecified atom stereocenters. The van der Waals surface area contributed by atoms with Gasteiger partial charge in [-0.2, -0.15) is 0 Å². The van der Waals surface area contributed by atoms with Crippen LogP contribution >= 0.6 is 0 Å². The normalized spacial score (nSPS) is 25.8. The molecule has 1 saturated carbocycles. The van der Waals surface area contributed by atoms with Crippen molar-refractivity contribution in [1.29, 1.82) is 0 Å². The Hall–Kier alpha value is -0.770. The van der Waals surface area contributed by atoms with E-state index < -0.39 is 0 Å². The fourth-order valence-corrected chi connectivity index (χ4v) is 2.05. The van der Waals surface area contributed by atoms with E-state index in [1.54, 1.807) is 0 Å². The van der Waals surface area contributed by atoms with E-state index in [1.807, 2.05) is 0 Å². The Morgan fingerprint density at radius 1 is 1.23 bits per heavy atom. The summed E-state index contributed by atoms with van der Waals surface area (Å²) in [5.74, 6) is 0. The first-order valence-electron chi connectivity index (χ1n) is 5.06. The van der Waals surface area contributed by atoms with Gasteiger partial charge in [-0.25, -0.2) is 4.79 Å². The van der Waals surface area contributed by atoms with Crippen molar-refractivity contribution >= 4 is 6.03 Å². The molecular formula is C9H17N3O. The average Bonchev–Trinajstić information content (AvgIpc) is 2.87. The van der Waals surface area contributed by atoms with Crippen molar-refractivity contribution in [3.05, 3.63) is 0 Å². The predicted octanol–water partition coefficient (Wildman–Crippen LogP) is 0.281. The summed E-state index contributed by atoms with van der Waals surface area (Å²) < 4.78 is 0. The molecule has 1 aliphatic heterocycles. The lowest BCUT2D eigenvalue weighted by Gasteiger charge is -2.31. The fourth-order valence-electron chi connectivity index (χ4n) is 2.05. The molecule has 2 rings (SSSR count). The van der Waals surface area contributed by atoms with Gasteiger partial charge in [0, 0.05) is 25.2 Å². The molecule has 3 N–H and O–H groups in total. The van der Waals surface area contributed by atoms with Gasteiger partial charge >= 0.3 is 6.03 Å². The quantitative estimate of drug-likeness (QED) is 0.646. The standard InChI is InChI=1S/C9H17N3O/c10-9(13)11-7-3-5-12(6-4-7)8-1-2-8/h7-8H,1-6H2,(H3,10,11,13). The molecule has 1 aliphatic carbocycles. The number of amides is 2. The molecule has 2 fully saturated rings. The second-order valence-electron chi connectivity index (χ2n) is 4.05. The summed E-state index contributed by atoms with van der Waals surface area (Å²) in [6.45, 7) is 2.24. The number of nitrogens with one attached hydrogen (secondary N) is 1. The van der Waals surface area contributed by atoms with E-state index in [1.165, 1.54) is 12.8 Å². The molecule has 1 heterocycles. The minimum absolute atomic E-state index is 0.312. The number of likely N-dealkylation sites (tertiary alicyclic amines) is 1. The predicted molar refractivity (Wildman–Crippen MR) is 50.3 cm³/mol. The van der Waals surface area contributed by atoms with Crippen molar-refractivity contribution in [3.8, 4) is 0 Å². The highest BCUT2D eigenvalue weighted by molar-refractivity contribution is 5.71. The lowest BCUT2D eigenvalue weighted by atomic mass is 10.1. The van der Waals surface area contributed by atoms with Crippen LogP contribution < -0.4 is 11.1 Å². The maximum Gasteiger partial charge on any atom is 0.312 e. The third kappa shape index (κ3) is 2.34. The van der Waals surface area contributed by atoms with Crippen LogP contribution in [-0.2, 0) is 0 Å². The van der Waals surface area contributed by atoms with Crippen molar-refractivity contribution < 1.29 is 4.79 Å². The molecule has 1 saturated heterocycles. The van der Waals surface area contributed by atoms with Crippen molar-refractivity contribution in [3.63, 3.8) is 0 Å². The molecule has 0 aromatic carbocycles. The largest absolute Gasteiger partial charge is 0.352 e. The lowest BCUT2D eigenvalue weighted by molar-refractivity contribution is 0.188. The van der Waals surface area contributed by atoms with Crippen LogP contribution in [0.25, 0.3) is 0 Å². The molecule has 0 bridgehead atoms. The SMILES string of the molecule is NC(=O)NC1CCN(C2CC2)CC1. The van der Waals surface area contributed by atoms with Crippen molar-refractivity contribution in [2.24, 2.45) is 5.73 Å². The zero-order chi connectivity index (χ0) is 9.26. The summed E-state index contributed by atoms with van der Waals surface area (Å²) in [7, 11) is 0. The number of carbonyl (C=O) groups is 1. The average molecular weight is 183 g/mol. The molecule has 0 aromatic heterocycles. The van der Waals surface area contributed by atoms with Gasteiger partial charge in [-0.15, -0.1) is 0 Å². The van der Waals surface area contributed by atoms with E-state index in [2.05, 4.69) is 10.2 Å². The molecule has 2 amide bonds. The van der Waals surface area contributed by atoms with Crippen LogP contribution in [0.3, 0.4) is 0 Å². The molecule has 13 heavy (non-hydrogen) atoms. The van der Waals surface area contributed by atoms with E-state index in [4.69, 9.17) is 5.73 Å². The number of piperidine rings is 1. The highest BCUT2D eigenvalue weighted by Crippen LogP contribution is 2.29. The monoisotopic (exact) mass is 183 g/mol. The number of urea groups is 1. The number of nitrogens with two attached hydrogens (primary N) is 1. The van der Waals surface area contributed by atoms with Gasteiger partial charge < -0.3 is 16.0 Å². The summed E-state index contributed by atoms with van der Waals surface area (Å²) in [5, 5.41) is 2.77. The first-order chi connectivity index (χ1) is 6.25. The van der Waals surface area contributed by atoms with E-state index in [0.717, 1.165) is 32.0 Å². The van der Waals surface area contributed by atoms with Gasteiger partial charge in [0.15, 0.2) is 0 Å². The second-order valence-corrected chi connectivity index (χ2v) is 4.05. The summed E-state index contributed by atoms with van der Waals surface area (Å²) in [4.78, 5) is 13.1. The molecule has 0 atom stereocenters. The number of rotatable bonds is 2. The third-order valence-electron chi connectivity index (χ3n) is 2.94.